The number of carboxylic acid groups (broad SMARTS) is 1. The average molecular weight is 170 g/mol. The first-order valence-corrected chi connectivity index (χ1v) is 4.05. The maximum atomic E-state index is 10.7. The lowest BCUT2D eigenvalue weighted by Crippen LogP contribution is -2.50. The van der Waals surface area contributed by atoms with E-state index in [1.54, 1.807) is 7.05 Å². The van der Waals surface area contributed by atoms with Crippen LogP contribution in [0.15, 0.2) is 4.99 Å². The Labute approximate surface area is 71.5 Å². The van der Waals surface area contributed by atoms with Crippen LogP contribution in [0.25, 0.3) is 0 Å². The molecule has 1 aliphatic rings. The summed E-state index contributed by atoms with van der Waals surface area (Å²) in [7, 11) is 1.74. The van der Waals surface area contributed by atoms with Crippen LogP contribution >= 0.6 is 0 Å². The van der Waals surface area contributed by atoms with Gasteiger partial charge in [-0.05, 0) is 25.7 Å². The third-order valence-corrected chi connectivity index (χ3v) is 2.46. The van der Waals surface area contributed by atoms with Gasteiger partial charge in [0.25, 0.3) is 0 Å². The van der Waals surface area contributed by atoms with E-state index in [1.165, 1.54) is 0 Å². The van der Waals surface area contributed by atoms with Gasteiger partial charge in [0, 0.05) is 12.8 Å². The van der Waals surface area contributed by atoms with Crippen molar-refractivity contribution in [1.82, 2.24) is 0 Å². The Morgan fingerprint density at radius 3 is 2.42 bits per heavy atom. The van der Waals surface area contributed by atoms with Crippen molar-refractivity contribution >= 4 is 11.7 Å². The lowest BCUT2D eigenvalue weighted by molar-refractivity contribution is -0.144. The van der Waals surface area contributed by atoms with E-state index < -0.39 is 11.5 Å². The Morgan fingerprint density at radius 1 is 1.58 bits per heavy atom. The molecule has 0 aromatic carbocycles. The maximum absolute atomic E-state index is 10.7. The van der Waals surface area contributed by atoms with Crippen LogP contribution in [-0.4, -0.2) is 29.4 Å². The van der Waals surface area contributed by atoms with Gasteiger partial charge >= 0.3 is 5.97 Å². The standard InChI is InChI=1S/C8H14N2O2/c1-10-6-2-4-8(9,5-3-6)7(11)12/h2-5,9H2,1H3,(H,11,12). The number of aliphatic imine (C=N–C) groups is 1. The lowest BCUT2D eigenvalue weighted by atomic mass is 9.82. The molecule has 1 saturated carbocycles. The molecule has 1 fully saturated rings. The molecule has 0 spiro atoms. The van der Waals surface area contributed by atoms with Gasteiger partial charge in [-0.15, -0.1) is 0 Å². The van der Waals surface area contributed by atoms with Crippen LogP contribution in [0.1, 0.15) is 25.7 Å². The Hall–Kier alpha value is -0.900. The van der Waals surface area contributed by atoms with Gasteiger partial charge in [-0.3, -0.25) is 9.79 Å². The highest BCUT2D eigenvalue weighted by Crippen LogP contribution is 2.24. The molecule has 1 rings (SSSR count). The molecule has 0 amide bonds. The average Bonchev–Trinajstić information content (AvgIpc) is 2.06. The Bertz CT molecular complexity index is 213. The number of aliphatic carboxylic acids is 1. The van der Waals surface area contributed by atoms with Crippen molar-refractivity contribution in [2.75, 3.05) is 7.05 Å². The highest BCUT2D eigenvalue weighted by Gasteiger charge is 2.36. The van der Waals surface area contributed by atoms with E-state index in [2.05, 4.69) is 4.99 Å². The van der Waals surface area contributed by atoms with Gasteiger partial charge in [0.15, 0.2) is 0 Å². The van der Waals surface area contributed by atoms with Gasteiger partial charge in [-0.1, -0.05) is 0 Å². The molecule has 0 unspecified atom stereocenters. The summed E-state index contributed by atoms with van der Waals surface area (Å²) in [5.74, 6) is -0.891. The van der Waals surface area contributed by atoms with Crippen LogP contribution in [0.4, 0.5) is 0 Å². The molecular weight excluding hydrogens is 156 g/mol. The maximum Gasteiger partial charge on any atom is 0.323 e. The van der Waals surface area contributed by atoms with E-state index in [9.17, 15) is 4.79 Å². The summed E-state index contributed by atoms with van der Waals surface area (Å²) in [5.41, 5.74) is 5.74. The number of carbonyl (C=O) groups is 1. The minimum absolute atomic E-state index is 0.509. The molecular formula is C8H14N2O2. The molecule has 0 heterocycles. The van der Waals surface area contributed by atoms with Crippen molar-refractivity contribution in [3.05, 3.63) is 0 Å². The molecule has 1 aliphatic carbocycles. The summed E-state index contributed by atoms with van der Waals surface area (Å²) in [6.07, 6.45) is 2.46. The highest BCUT2D eigenvalue weighted by atomic mass is 16.4. The third kappa shape index (κ3) is 1.64. The molecule has 0 saturated heterocycles. The van der Waals surface area contributed by atoms with Gasteiger partial charge in [0.1, 0.15) is 5.54 Å². The van der Waals surface area contributed by atoms with Crippen molar-refractivity contribution in [1.29, 1.82) is 0 Å². The summed E-state index contributed by atoms with van der Waals surface area (Å²) in [5, 5.41) is 8.79. The van der Waals surface area contributed by atoms with Gasteiger partial charge < -0.3 is 10.8 Å². The molecule has 0 aliphatic heterocycles. The summed E-state index contributed by atoms with van der Waals surface area (Å²) >= 11 is 0. The van der Waals surface area contributed by atoms with Crippen molar-refractivity contribution in [2.24, 2.45) is 10.7 Å². The van der Waals surface area contributed by atoms with Crippen molar-refractivity contribution in [3.63, 3.8) is 0 Å². The van der Waals surface area contributed by atoms with E-state index in [0.29, 0.717) is 12.8 Å². The SMILES string of the molecule is CN=C1CCC(N)(C(=O)O)CC1. The second-order valence-corrected chi connectivity index (χ2v) is 3.25. The predicted molar refractivity (Wildman–Crippen MR) is 46.4 cm³/mol. The number of rotatable bonds is 1. The zero-order chi connectivity index (χ0) is 9.19. The van der Waals surface area contributed by atoms with Gasteiger partial charge in [-0.2, -0.15) is 0 Å². The number of carboxylic acids is 1. The topological polar surface area (TPSA) is 75.7 Å². The highest BCUT2D eigenvalue weighted by molar-refractivity contribution is 5.89. The molecule has 68 valence electrons. The van der Waals surface area contributed by atoms with Crippen LogP contribution in [-0.2, 0) is 4.79 Å². The Kier molecular flexibility index (Phi) is 2.47. The molecule has 3 N–H and O–H groups in total. The van der Waals surface area contributed by atoms with E-state index in [4.69, 9.17) is 10.8 Å². The van der Waals surface area contributed by atoms with Crippen LogP contribution in [0, 0.1) is 0 Å². The summed E-state index contributed by atoms with van der Waals surface area (Å²) in [6, 6.07) is 0. The van der Waals surface area contributed by atoms with Gasteiger partial charge in [0.2, 0.25) is 0 Å². The molecule has 0 aromatic heterocycles. The van der Waals surface area contributed by atoms with E-state index >= 15 is 0 Å². The number of hydrogen-bond acceptors (Lipinski definition) is 3. The van der Waals surface area contributed by atoms with Crippen LogP contribution in [0.5, 0.6) is 0 Å². The van der Waals surface area contributed by atoms with Crippen molar-refractivity contribution < 1.29 is 9.90 Å². The number of nitrogens with zero attached hydrogens (tertiary/aromatic N) is 1. The monoisotopic (exact) mass is 170 g/mol. The fraction of sp³-hybridized carbons (Fsp3) is 0.750. The zero-order valence-corrected chi connectivity index (χ0v) is 7.21. The summed E-state index contributed by atoms with van der Waals surface area (Å²) in [4.78, 5) is 14.7. The van der Waals surface area contributed by atoms with Gasteiger partial charge in [0.05, 0.1) is 0 Å². The normalized spacial score (nSPS) is 30.0. The van der Waals surface area contributed by atoms with Crippen LogP contribution < -0.4 is 5.73 Å². The van der Waals surface area contributed by atoms with Gasteiger partial charge in [-0.25, -0.2) is 0 Å². The Morgan fingerprint density at radius 2 is 2.08 bits per heavy atom. The summed E-state index contributed by atoms with van der Waals surface area (Å²) < 4.78 is 0. The minimum Gasteiger partial charge on any atom is -0.480 e. The molecule has 0 bridgehead atoms. The van der Waals surface area contributed by atoms with Crippen LogP contribution in [0.2, 0.25) is 0 Å². The summed E-state index contributed by atoms with van der Waals surface area (Å²) in [6.45, 7) is 0. The molecule has 0 aromatic rings. The van der Waals surface area contributed by atoms with E-state index in [0.717, 1.165) is 18.6 Å². The first-order chi connectivity index (χ1) is 5.58. The van der Waals surface area contributed by atoms with Crippen molar-refractivity contribution in [2.45, 2.75) is 31.2 Å². The zero-order valence-electron chi connectivity index (χ0n) is 7.21. The number of nitrogens with two attached hydrogens (primary N) is 1. The lowest BCUT2D eigenvalue weighted by Gasteiger charge is -2.29. The van der Waals surface area contributed by atoms with Crippen molar-refractivity contribution in [3.8, 4) is 0 Å². The molecule has 4 heteroatoms. The van der Waals surface area contributed by atoms with Crippen LogP contribution in [0.3, 0.4) is 0 Å². The molecule has 0 atom stereocenters. The molecule has 0 radical (unpaired) electrons. The van der Waals surface area contributed by atoms with E-state index in [1.807, 2.05) is 0 Å². The Balaban J connectivity index is 2.61. The number of hydrogen-bond donors (Lipinski definition) is 2. The molecule has 12 heavy (non-hydrogen) atoms. The minimum atomic E-state index is -1.01. The second-order valence-electron chi connectivity index (χ2n) is 3.25. The largest absolute Gasteiger partial charge is 0.480 e. The molecule has 4 nitrogen and oxygen atoms in total. The third-order valence-electron chi connectivity index (χ3n) is 2.46. The smallest absolute Gasteiger partial charge is 0.323 e. The fourth-order valence-electron chi connectivity index (χ4n) is 1.42. The fourth-order valence-corrected chi connectivity index (χ4v) is 1.42. The first kappa shape index (κ1) is 9.19. The van der Waals surface area contributed by atoms with E-state index in [-0.39, 0.29) is 0 Å². The quantitative estimate of drug-likeness (QED) is 0.598. The second kappa shape index (κ2) is 3.23. The predicted octanol–water partition coefficient (Wildman–Crippen LogP) is 0.413. The first-order valence-electron chi connectivity index (χ1n) is 4.05.